The summed E-state index contributed by atoms with van der Waals surface area (Å²) in [6.45, 7) is 7.79. The first-order chi connectivity index (χ1) is 8.05. The lowest BCUT2D eigenvalue weighted by atomic mass is 10.4. The van der Waals surface area contributed by atoms with E-state index in [0.717, 1.165) is 7.11 Å². The standard InChI is InChI=1S/C10H19O6P/c1-4-6-14-8-10(15-7-5-2)9-16-17(11,12)13-3/h4-5,10H,1-2,6-9H2,3H3,(H,11,12). The van der Waals surface area contributed by atoms with Gasteiger partial charge in [-0.25, -0.2) is 4.57 Å². The van der Waals surface area contributed by atoms with Crippen molar-refractivity contribution in [2.24, 2.45) is 0 Å². The molecule has 0 aliphatic heterocycles. The maximum atomic E-state index is 11.1. The summed E-state index contributed by atoms with van der Waals surface area (Å²) in [5, 5.41) is 0. The Morgan fingerprint density at radius 3 is 2.47 bits per heavy atom. The van der Waals surface area contributed by atoms with Crippen LogP contribution in [0.25, 0.3) is 0 Å². The molecule has 0 radical (unpaired) electrons. The van der Waals surface area contributed by atoms with E-state index in [2.05, 4.69) is 17.7 Å². The van der Waals surface area contributed by atoms with Crippen LogP contribution in [0.5, 0.6) is 0 Å². The van der Waals surface area contributed by atoms with Crippen molar-refractivity contribution >= 4 is 7.82 Å². The fourth-order valence-electron chi connectivity index (χ4n) is 0.861. The van der Waals surface area contributed by atoms with Crippen LogP contribution in [-0.4, -0.2) is 44.5 Å². The monoisotopic (exact) mass is 266 g/mol. The first-order valence-corrected chi connectivity index (χ1v) is 6.49. The summed E-state index contributed by atoms with van der Waals surface area (Å²) in [6.07, 6.45) is 2.69. The summed E-state index contributed by atoms with van der Waals surface area (Å²) in [7, 11) is -2.89. The molecule has 0 bridgehead atoms. The second-order valence-electron chi connectivity index (χ2n) is 3.02. The van der Waals surface area contributed by atoms with Gasteiger partial charge >= 0.3 is 7.82 Å². The van der Waals surface area contributed by atoms with Gasteiger partial charge in [0.2, 0.25) is 0 Å². The van der Waals surface area contributed by atoms with Crippen molar-refractivity contribution in [1.29, 1.82) is 0 Å². The largest absolute Gasteiger partial charge is 0.472 e. The van der Waals surface area contributed by atoms with Crippen molar-refractivity contribution in [3.05, 3.63) is 25.3 Å². The third-order valence-corrected chi connectivity index (χ3v) is 2.58. The van der Waals surface area contributed by atoms with Gasteiger partial charge < -0.3 is 14.4 Å². The van der Waals surface area contributed by atoms with E-state index in [0.29, 0.717) is 13.2 Å². The van der Waals surface area contributed by atoms with Crippen LogP contribution in [0.4, 0.5) is 0 Å². The van der Waals surface area contributed by atoms with E-state index < -0.39 is 13.9 Å². The maximum Gasteiger partial charge on any atom is 0.472 e. The fourth-order valence-corrected chi connectivity index (χ4v) is 1.32. The molecule has 0 heterocycles. The molecule has 7 heteroatoms. The highest BCUT2D eigenvalue weighted by Gasteiger charge is 2.21. The second kappa shape index (κ2) is 9.53. The van der Waals surface area contributed by atoms with Gasteiger partial charge in [0, 0.05) is 7.11 Å². The molecule has 100 valence electrons. The maximum absolute atomic E-state index is 11.1. The van der Waals surface area contributed by atoms with Crippen molar-refractivity contribution < 1.29 is 28.0 Å². The molecule has 0 spiro atoms. The van der Waals surface area contributed by atoms with Gasteiger partial charge in [0.1, 0.15) is 6.10 Å². The summed E-state index contributed by atoms with van der Waals surface area (Å²) >= 11 is 0. The minimum absolute atomic E-state index is 0.105. The molecule has 1 N–H and O–H groups in total. The highest BCUT2D eigenvalue weighted by molar-refractivity contribution is 7.47. The Balaban J connectivity index is 4.03. The van der Waals surface area contributed by atoms with Crippen LogP contribution in [0, 0.1) is 0 Å². The van der Waals surface area contributed by atoms with Crippen molar-refractivity contribution in [3.63, 3.8) is 0 Å². The lowest BCUT2D eigenvalue weighted by Gasteiger charge is -2.18. The molecule has 0 saturated heterocycles. The minimum atomic E-state index is -3.98. The van der Waals surface area contributed by atoms with E-state index in [4.69, 9.17) is 18.9 Å². The van der Waals surface area contributed by atoms with E-state index in [1.165, 1.54) is 0 Å². The van der Waals surface area contributed by atoms with Crippen LogP contribution in [-0.2, 0) is 23.1 Å². The Bertz CT molecular complexity index is 268. The van der Waals surface area contributed by atoms with Crippen molar-refractivity contribution in [3.8, 4) is 0 Å². The Morgan fingerprint density at radius 1 is 1.29 bits per heavy atom. The highest BCUT2D eigenvalue weighted by Crippen LogP contribution is 2.41. The number of phosphoric acid groups is 1. The van der Waals surface area contributed by atoms with Gasteiger partial charge in [0.25, 0.3) is 0 Å². The third-order valence-electron chi connectivity index (χ3n) is 1.64. The van der Waals surface area contributed by atoms with E-state index in [1.807, 2.05) is 0 Å². The number of phosphoric ester groups is 1. The molecule has 0 amide bonds. The number of ether oxygens (including phenoxy) is 2. The number of hydrogen-bond donors (Lipinski definition) is 1. The van der Waals surface area contributed by atoms with Crippen LogP contribution in [0.2, 0.25) is 0 Å². The van der Waals surface area contributed by atoms with Gasteiger partial charge in [-0.05, 0) is 0 Å². The molecule has 0 fully saturated rings. The average Bonchev–Trinajstić information content (AvgIpc) is 2.32. The molecule has 2 unspecified atom stereocenters. The summed E-state index contributed by atoms with van der Waals surface area (Å²) in [5.74, 6) is 0. The Morgan fingerprint density at radius 2 is 1.94 bits per heavy atom. The van der Waals surface area contributed by atoms with Crippen LogP contribution in [0.3, 0.4) is 0 Å². The molecule has 0 aromatic heterocycles. The first kappa shape index (κ1) is 16.5. The zero-order valence-corrected chi connectivity index (χ0v) is 10.8. The summed E-state index contributed by atoms with van der Waals surface area (Å²) in [6, 6.07) is 0. The molecule has 0 saturated carbocycles. The van der Waals surface area contributed by atoms with Gasteiger partial charge in [-0.15, -0.1) is 13.2 Å². The second-order valence-corrected chi connectivity index (χ2v) is 4.58. The van der Waals surface area contributed by atoms with Crippen LogP contribution >= 0.6 is 7.82 Å². The van der Waals surface area contributed by atoms with Crippen molar-refractivity contribution in [2.75, 3.05) is 33.5 Å². The van der Waals surface area contributed by atoms with Gasteiger partial charge in [0.15, 0.2) is 0 Å². The van der Waals surface area contributed by atoms with Gasteiger partial charge in [-0.1, -0.05) is 12.2 Å². The fraction of sp³-hybridized carbons (Fsp3) is 0.600. The Hall–Kier alpha value is -0.490. The molecule has 6 nitrogen and oxygen atoms in total. The molecule has 2 atom stereocenters. The van der Waals surface area contributed by atoms with E-state index in [9.17, 15) is 4.57 Å². The Labute approximate surface area is 101 Å². The zero-order valence-electron chi connectivity index (χ0n) is 9.91. The number of rotatable bonds is 11. The normalized spacial score (nSPS) is 16.1. The third kappa shape index (κ3) is 9.23. The molecule has 0 aliphatic carbocycles. The summed E-state index contributed by atoms with van der Waals surface area (Å²) < 4.78 is 30.5. The molecule has 0 aromatic rings. The van der Waals surface area contributed by atoms with E-state index in [1.54, 1.807) is 12.2 Å². The predicted octanol–water partition coefficient (Wildman–Crippen LogP) is 1.52. The van der Waals surface area contributed by atoms with Crippen molar-refractivity contribution in [1.82, 2.24) is 0 Å². The average molecular weight is 266 g/mol. The lowest BCUT2D eigenvalue weighted by Crippen LogP contribution is -2.25. The Kier molecular flexibility index (Phi) is 9.26. The predicted molar refractivity (Wildman–Crippen MR) is 63.7 cm³/mol. The highest BCUT2D eigenvalue weighted by atomic mass is 31.2. The minimum Gasteiger partial charge on any atom is -0.375 e. The SMILES string of the molecule is C=CCOCC(COP(=O)(O)OC)OCC=C. The topological polar surface area (TPSA) is 74.2 Å². The summed E-state index contributed by atoms with van der Waals surface area (Å²) in [5.41, 5.74) is 0. The molecule has 0 rings (SSSR count). The van der Waals surface area contributed by atoms with Crippen LogP contribution in [0.1, 0.15) is 0 Å². The van der Waals surface area contributed by atoms with Gasteiger partial charge in [0.05, 0.1) is 26.4 Å². The molecular formula is C10H19O6P. The zero-order chi connectivity index (χ0) is 13.1. The van der Waals surface area contributed by atoms with E-state index in [-0.39, 0.29) is 13.2 Å². The number of hydrogen-bond acceptors (Lipinski definition) is 5. The van der Waals surface area contributed by atoms with Crippen LogP contribution in [0.15, 0.2) is 25.3 Å². The smallest absolute Gasteiger partial charge is 0.375 e. The first-order valence-electron chi connectivity index (χ1n) is 5.00. The lowest BCUT2D eigenvalue weighted by molar-refractivity contribution is -0.0273. The summed E-state index contributed by atoms with van der Waals surface area (Å²) in [4.78, 5) is 9.05. The van der Waals surface area contributed by atoms with E-state index >= 15 is 0 Å². The molecule has 17 heavy (non-hydrogen) atoms. The molecular weight excluding hydrogens is 247 g/mol. The van der Waals surface area contributed by atoms with Crippen LogP contribution < -0.4 is 0 Å². The van der Waals surface area contributed by atoms with Gasteiger partial charge in [-0.2, -0.15) is 0 Å². The molecule has 0 aliphatic rings. The quantitative estimate of drug-likeness (QED) is 0.347. The van der Waals surface area contributed by atoms with Crippen molar-refractivity contribution in [2.45, 2.75) is 6.10 Å². The van der Waals surface area contributed by atoms with Gasteiger partial charge in [-0.3, -0.25) is 9.05 Å². The molecule has 0 aromatic carbocycles.